The molecule has 1 aliphatic rings. The number of amides is 1. The van der Waals surface area contributed by atoms with Gasteiger partial charge in [0.25, 0.3) is 5.56 Å². The van der Waals surface area contributed by atoms with Gasteiger partial charge in [-0.25, -0.2) is 4.98 Å². The molecule has 6 nitrogen and oxygen atoms in total. The van der Waals surface area contributed by atoms with Crippen LogP contribution in [-0.2, 0) is 11.2 Å². The third-order valence-electron chi connectivity index (χ3n) is 4.62. The van der Waals surface area contributed by atoms with Crippen molar-refractivity contribution < 1.29 is 9.53 Å². The average molecular weight is 388 g/mol. The van der Waals surface area contributed by atoms with Crippen LogP contribution in [0.15, 0.2) is 40.3 Å². The molecule has 0 saturated heterocycles. The van der Waals surface area contributed by atoms with E-state index in [1.54, 1.807) is 29.5 Å². The molecule has 1 amide bonds. The van der Waals surface area contributed by atoms with Crippen molar-refractivity contribution in [1.29, 1.82) is 0 Å². The molecular weight excluding hydrogens is 362 g/mol. The Kier molecular flexibility index (Phi) is 6.21. The van der Waals surface area contributed by atoms with Crippen LogP contribution in [-0.4, -0.2) is 34.9 Å². The first-order chi connectivity index (χ1) is 13.0. The molecule has 1 N–H and O–H groups in total. The first-order valence-electron chi connectivity index (χ1n) is 9.14. The number of carbonyl (C=O) groups excluding carboxylic acids is 1. The Morgan fingerprint density at radius 1 is 1.37 bits per heavy atom. The van der Waals surface area contributed by atoms with E-state index in [2.05, 4.69) is 10.3 Å². The van der Waals surface area contributed by atoms with Crippen LogP contribution in [0.3, 0.4) is 0 Å². The summed E-state index contributed by atoms with van der Waals surface area (Å²) in [6.07, 6.45) is 1.05. The molecule has 0 aliphatic carbocycles. The van der Waals surface area contributed by atoms with Gasteiger partial charge in [-0.3, -0.25) is 14.2 Å². The molecule has 2 heterocycles. The van der Waals surface area contributed by atoms with Crippen molar-refractivity contribution in [2.75, 3.05) is 19.4 Å². The van der Waals surface area contributed by atoms with E-state index in [-0.39, 0.29) is 23.4 Å². The first kappa shape index (κ1) is 19.5. The highest BCUT2D eigenvalue weighted by Crippen LogP contribution is 2.32. The third kappa shape index (κ3) is 4.71. The van der Waals surface area contributed by atoms with Gasteiger partial charge in [0.15, 0.2) is 5.16 Å². The molecule has 0 saturated carbocycles. The van der Waals surface area contributed by atoms with Crippen molar-refractivity contribution in [3.05, 3.63) is 51.9 Å². The second kappa shape index (κ2) is 8.61. The number of nitrogens with one attached hydrogen (secondary N) is 1. The molecule has 0 spiro atoms. The van der Waals surface area contributed by atoms with Crippen molar-refractivity contribution in [2.45, 2.75) is 43.8 Å². The summed E-state index contributed by atoms with van der Waals surface area (Å²) in [6, 6.07) is 9.27. The fourth-order valence-electron chi connectivity index (χ4n) is 3.04. The molecule has 0 fully saturated rings. The predicted octanol–water partition coefficient (Wildman–Crippen LogP) is 2.77. The van der Waals surface area contributed by atoms with Crippen LogP contribution in [0.4, 0.5) is 0 Å². The Morgan fingerprint density at radius 2 is 2.11 bits per heavy atom. The van der Waals surface area contributed by atoms with E-state index < -0.39 is 0 Å². The van der Waals surface area contributed by atoms with E-state index in [1.165, 1.54) is 0 Å². The van der Waals surface area contributed by atoms with Gasteiger partial charge in [-0.1, -0.05) is 37.7 Å². The van der Waals surface area contributed by atoms with E-state index in [1.807, 2.05) is 38.1 Å². The number of fused-ring (bicyclic) bond motifs is 1. The highest BCUT2D eigenvalue weighted by atomic mass is 32.2. The summed E-state index contributed by atoms with van der Waals surface area (Å²) < 4.78 is 6.81. The number of methoxy groups -OCH3 is 1. The summed E-state index contributed by atoms with van der Waals surface area (Å²) in [5, 5.41) is 3.68. The Labute approximate surface area is 163 Å². The minimum Gasteiger partial charge on any atom is -0.497 e. The van der Waals surface area contributed by atoms with Crippen LogP contribution in [0.5, 0.6) is 5.75 Å². The number of benzene rings is 1. The lowest BCUT2D eigenvalue weighted by Crippen LogP contribution is -2.31. The Hall–Kier alpha value is -2.28. The summed E-state index contributed by atoms with van der Waals surface area (Å²) in [4.78, 5) is 29.3. The molecule has 1 aromatic heterocycles. The van der Waals surface area contributed by atoms with Crippen LogP contribution in [0.2, 0.25) is 0 Å². The minimum absolute atomic E-state index is 0.0400. The fourth-order valence-corrected chi connectivity index (χ4v) is 4.20. The van der Waals surface area contributed by atoms with Gasteiger partial charge in [0.1, 0.15) is 5.75 Å². The molecule has 27 heavy (non-hydrogen) atoms. The number of thioether (sulfide) groups is 1. The van der Waals surface area contributed by atoms with Crippen molar-refractivity contribution in [2.24, 2.45) is 0 Å². The van der Waals surface area contributed by atoms with Crippen LogP contribution in [0.25, 0.3) is 0 Å². The van der Waals surface area contributed by atoms with Gasteiger partial charge in [0, 0.05) is 24.8 Å². The zero-order chi connectivity index (χ0) is 19.4. The average Bonchev–Trinajstić information content (AvgIpc) is 3.05. The van der Waals surface area contributed by atoms with Gasteiger partial charge in [0.05, 0.1) is 18.8 Å². The minimum atomic E-state index is -0.132. The molecule has 0 radical (unpaired) electrons. The standard InChI is InChI=1S/C20H25N3O3S/c1-13(2)17-11-19(25)23-15(12-27-20(23)22-17)10-18(24)21-9-8-14-4-6-16(26-3)7-5-14/h4-7,11,13,15H,8-10,12H2,1-3H3,(H,21,24)/t15-/m1/s1. The Balaban J connectivity index is 1.54. The summed E-state index contributed by atoms with van der Waals surface area (Å²) in [7, 11) is 1.64. The second-order valence-corrected chi connectivity index (χ2v) is 7.93. The van der Waals surface area contributed by atoms with Crippen LogP contribution in [0.1, 0.15) is 43.5 Å². The van der Waals surface area contributed by atoms with Crippen molar-refractivity contribution in [3.63, 3.8) is 0 Å². The number of hydrogen-bond acceptors (Lipinski definition) is 5. The van der Waals surface area contributed by atoms with Crippen LogP contribution in [0, 0.1) is 0 Å². The molecule has 2 aromatic rings. The molecule has 7 heteroatoms. The van der Waals surface area contributed by atoms with E-state index in [9.17, 15) is 9.59 Å². The predicted molar refractivity (Wildman–Crippen MR) is 107 cm³/mol. The number of aromatic nitrogens is 2. The van der Waals surface area contributed by atoms with Gasteiger partial charge >= 0.3 is 0 Å². The summed E-state index contributed by atoms with van der Waals surface area (Å²) >= 11 is 1.55. The molecule has 144 valence electrons. The third-order valence-corrected chi connectivity index (χ3v) is 5.71. The fraction of sp³-hybridized carbons (Fsp3) is 0.450. The molecule has 1 atom stereocenters. The van der Waals surface area contributed by atoms with Crippen molar-refractivity contribution in [1.82, 2.24) is 14.9 Å². The zero-order valence-corrected chi connectivity index (χ0v) is 16.7. The van der Waals surface area contributed by atoms with Gasteiger partial charge in [-0.05, 0) is 30.0 Å². The zero-order valence-electron chi connectivity index (χ0n) is 15.9. The molecule has 3 rings (SSSR count). The van der Waals surface area contributed by atoms with Gasteiger partial charge in [-0.15, -0.1) is 0 Å². The van der Waals surface area contributed by atoms with E-state index in [0.717, 1.165) is 28.6 Å². The van der Waals surface area contributed by atoms with Crippen LogP contribution >= 0.6 is 11.8 Å². The maximum Gasteiger partial charge on any atom is 0.254 e. The number of hydrogen-bond donors (Lipinski definition) is 1. The van der Waals surface area contributed by atoms with E-state index >= 15 is 0 Å². The number of ether oxygens (including phenoxy) is 1. The SMILES string of the molecule is COc1ccc(CCNC(=O)C[C@@H]2CSc3nc(C(C)C)cc(=O)n32)cc1. The molecular formula is C20H25N3O3S. The Bertz CT molecular complexity index is 862. The topological polar surface area (TPSA) is 73.2 Å². The lowest BCUT2D eigenvalue weighted by Gasteiger charge is -2.14. The quantitative estimate of drug-likeness (QED) is 0.740. The lowest BCUT2D eigenvalue weighted by molar-refractivity contribution is -0.121. The summed E-state index contributed by atoms with van der Waals surface area (Å²) in [6.45, 7) is 4.61. The molecule has 0 bridgehead atoms. The summed E-state index contributed by atoms with van der Waals surface area (Å²) in [5.41, 5.74) is 1.88. The van der Waals surface area contributed by atoms with Gasteiger partial charge in [0.2, 0.25) is 5.91 Å². The highest BCUT2D eigenvalue weighted by molar-refractivity contribution is 7.99. The largest absolute Gasteiger partial charge is 0.497 e. The Morgan fingerprint density at radius 3 is 2.78 bits per heavy atom. The smallest absolute Gasteiger partial charge is 0.254 e. The first-order valence-corrected chi connectivity index (χ1v) is 10.1. The summed E-state index contributed by atoms with van der Waals surface area (Å²) in [5.74, 6) is 1.70. The normalized spacial score (nSPS) is 15.6. The van der Waals surface area contributed by atoms with Crippen molar-refractivity contribution in [3.8, 4) is 5.75 Å². The maximum absolute atomic E-state index is 12.4. The number of carbonyl (C=O) groups is 1. The number of rotatable bonds is 7. The molecule has 0 unspecified atom stereocenters. The van der Waals surface area contributed by atoms with E-state index in [0.29, 0.717) is 18.7 Å². The molecule has 1 aliphatic heterocycles. The molecule has 1 aromatic carbocycles. The maximum atomic E-state index is 12.4. The second-order valence-electron chi connectivity index (χ2n) is 6.94. The lowest BCUT2D eigenvalue weighted by atomic mass is 10.1. The number of nitrogens with zero attached hydrogens (tertiary/aromatic N) is 2. The van der Waals surface area contributed by atoms with E-state index in [4.69, 9.17) is 4.74 Å². The van der Waals surface area contributed by atoms with Gasteiger partial charge in [-0.2, -0.15) is 0 Å². The highest BCUT2D eigenvalue weighted by Gasteiger charge is 2.27. The van der Waals surface area contributed by atoms with Crippen molar-refractivity contribution >= 4 is 17.7 Å². The van der Waals surface area contributed by atoms with Crippen LogP contribution < -0.4 is 15.6 Å². The monoisotopic (exact) mass is 387 g/mol. The van der Waals surface area contributed by atoms with Gasteiger partial charge < -0.3 is 10.1 Å².